The summed E-state index contributed by atoms with van der Waals surface area (Å²) in [5, 5.41) is 0. The van der Waals surface area contributed by atoms with Crippen molar-refractivity contribution in [2.24, 2.45) is 7.05 Å². The van der Waals surface area contributed by atoms with Gasteiger partial charge in [-0.1, -0.05) is 42.5 Å². The Labute approximate surface area is 157 Å². The first-order valence-electron chi connectivity index (χ1n) is 8.83. The van der Waals surface area contributed by atoms with Gasteiger partial charge in [0.05, 0.1) is 17.6 Å². The Morgan fingerprint density at radius 2 is 1.74 bits per heavy atom. The molecule has 0 unspecified atom stereocenters. The number of rotatable bonds is 5. The first-order valence-corrected chi connectivity index (χ1v) is 8.83. The van der Waals surface area contributed by atoms with Crippen LogP contribution < -0.4 is 4.90 Å². The third kappa shape index (κ3) is 3.31. The summed E-state index contributed by atoms with van der Waals surface area (Å²) < 4.78 is 2.08. The van der Waals surface area contributed by atoms with Gasteiger partial charge in [0.1, 0.15) is 5.82 Å². The van der Waals surface area contributed by atoms with Gasteiger partial charge in [-0.25, -0.2) is 9.97 Å². The van der Waals surface area contributed by atoms with Gasteiger partial charge in [0, 0.05) is 18.8 Å². The highest BCUT2D eigenvalue weighted by atomic mass is 16.1. The van der Waals surface area contributed by atoms with Crippen molar-refractivity contribution < 1.29 is 4.79 Å². The van der Waals surface area contributed by atoms with Gasteiger partial charge in [0.2, 0.25) is 5.95 Å². The SMILES string of the molecule is CC(=O)c1ccc(CN(c2ccccn2)c2nc3ccccc3n2C)cc1. The molecule has 0 aliphatic heterocycles. The molecular weight excluding hydrogens is 336 g/mol. The number of hydrogen-bond donors (Lipinski definition) is 0. The number of anilines is 2. The molecular formula is C22H20N4O. The standard InChI is InChI=1S/C22H20N4O/c1-16(27)18-12-10-17(11-13-18)15-26(21-9-5-6-14-23-21)22-24-19-7-3-4-8-20(19)25(22)2/h3-14H,15H2,1-2H3. The van der Waals surface area contributed by atoms with Crippen LogP contribution in [0.25, 0.3) is 11.0 Å². The Balaban J connectivity index is 1.77. The summed E-state index contributed by atoms with van der Waals surface area (Å²) in [7, 11) is 2.01. The second-order valence-corrected chi connectivity index (χ2v) is 6.49. The number of imidazole rings is 1. The first-order chi connectivity index (χ1) is 13.1. The summed E-state index contributed by atoms with van der Waals surface area (Å²) in [4.78, 5) is 23.0. The van der Waals surface area contributed by atoms with Crippen LogP contribution in [0.5, 0.6) is 0 Å². The minimum Gasteiger partial charge on any atom is -0.313 e. The Bertz CT molecular complexity index is 1080. The Kier molecular flexibility index (Phi) is 4.42. The van der Waals surface area contributed by atoms with Gasteiger partial charge in [-0.15, -0.1) is 0 Å². The number of fused-ring (bicyclic) bond motifs is 1. The molecule has 2 heterocycles. The lowest BCUT2D eigenvalue weighted by Crippen LogP contribution is -2.21. The van der Waals surface area contributed by atoms with E-state index >= 15 is 0 Å². The molecule has 4 aromatic rings. The van der Waals surface area contributed by atoms with Crippen LogP contribution in [0.3, 0.4) is 0 Å². The predicted octanol–water partition coefficient (Wildman–Crippen LogP) is 4.51. The lowest BCUT2D eigenvalue weighted by atomic mass is 10.1. The van der Waals surface area contributed by atoms with E-state index in [4.69, 9.17) is 4.98 Å². The van der Waals surface area contributed by atoms with Gasteiger partial charge in [0.15, 0.2) is 5.78 Å². The highest BCUT2D eigenvalue weighted by molar-refractivity contribution is 5.94. The van der Waals surface area contributed by atoms with Crippen molar-refractivity contribution in [2.45, 2.75) is 13.5 Å². The molecule has 0 bridgehead atoms. The monoisotopic (exact) mass is 356 g/mol. The highest BCUT2D eigenvalue weighted by Gasteiger charge is 2.18. The fourth-order valence-electron chi connectivity index (χ4n) is 3.17. The van der Waals surface area contributed by atoms with Gasteiger partial charge in [-0.05, 0) is 36.8 Å². The first kappa shape index (κ1) is 17.0. The Morgan fingerprint density at radius 1 is 1.00 bits per heavy atom. The van der Waals surface area contributed by atoms with Gasteiger partial charge >= 0.3 is 0 Å². The molecule has 0 amide bonds. The van der Waals surface area contributed by atoms with E-state index in [-0.39, 0.29) is 5.78 Å². The molecule has 0 fully saturated rings. The predicted molar refractivity (Wildman–Crippen MR) is 107 cm³/mol. The zero-order valence-electron chi connectivity index (χ0n) is 15.3. The lowest BCUT2D eigenvalue weighted by molar-refractivity contribution is 0.101. The summed E-state index contributed by atoms with van der Waals surface area (Å²) in [6.07, 6.45) is 1.78. The number of aryl methyl sites for hydroxylation is 1. The van der Waals surface area contributed by atoms with Crippen LogP contribution in [0.15, 0.2) is 72.9 Å². The molecule has 134 valence electrons. The van der Waals surface area contributed by atoms with E-state index in [2.05, 4.69) is 20.5 Å². The Hall–Kier alpha value is -3.47. The topological polar surface area (TPSA) is 51.0 Å². The molecule has 27 heavy (non-hydrogen) atoms. The molecule has 0 saturated carbocycles. The van der Waals surface area contributed by atoms with Gasteiger partial charge in [-0.2, -0.15) is 0 Å². The Morgan fingerprint density at radius 3 is 2.41 bits per heavy atom. The molecule has 0 aliphatic carbocycles. The van der Waals surface area contributed by atoms with Crippen molar-refractivity contribution in [3.05, 3.63) is 84.1 Å². The number of carbonyl (C=O) groups is 1. The molecule has 4 rings (SSSR count). The molecule has 0 atom stereocenters. The smallest absolute Gasteiger partial charge is 0.212 e. The van der Waals surface area contributed by atoms with E-state index in [0.29, 0.717) is 12.1 Å². The van der Waals surface area contributed by atoms with Crippen LogP contribution >= 0.6 is 0 Å². The fourth-order valence-corrected chi connectivity index (χ4v) is 3.17. The summed E-state index contributed by atoms with van der Waals surface area (Å²) in [6.45, 7) is 2.18. The summed E-state index contributed by atoms with van der Waals surface area (Å²) in [5.74, 6) is 1.72. The molecule has 0 N–H and O–H groups in total. The summed E-state index contributed by atoms with van der Waals surface area (Å²) >= 11 is 0. The van der Waals surface area contributed by atoms with Crippen molar-refractivity contribution in [1.82, 2.24) is 14.5 Å². The average Bonchev–Trinajstić information content (AvgIpc) is 3.04. The van der Waals surface area contributed by atoms with Crippen LogP contribution in [0.1, 0.15) is 22.8 Å². The van der Waals surface area contributed by atoms with Gasteiger partial charge in [-0.3, -0.25) is 9.69 Å². The van der Waals surface area contributed by atoms with E-state index in [1.807, 2.05) is 67.7 Å². The van der Waals surface area contributed by atoms with E-state index in [1.165, 1.54) is 0 Å². The van der Waals surface area contributed by atoms with E-state index in [0.717, 1.165) is 28.4 Å². The quantitative estimate of drug-likeness (QED) is 0.494. The second-order valence-electron chi connectivity index (χ2n) is 6.49. The number of Topliss-reactive ketones (excluding diaryl/α,β-unsaturated/α-hetero) is 1. The van der Waals surface area contributed by atoms with Crippen molar-refractivity contribution in [3.63, 3.8) is 0 Å². The fraction of sp³-hybridized carbons (Fsp3) is 0.136. The largest absolute Gasteiger partial charge is 0.313 e. The van der Waals surface area contributed by atoms with Crippen molar-refractivity contribution in [3.8, 4) is 0 Å². The number of aromatic nitrogens is 3. The van der Waals surface area contributed by atoms with Crippen molar-refractivity contribution >= 4 is 28.6 Å². The van der Waals surface area contributed by atoms with Crippen molar-refractivity contribution in [1.29, 1.82) is 0 Å². The van der Waals surface area contributed by atoms with Crippen molar-refractivity contribution in [2.75, 3.05) is 4.90 Å². The zero-order chi connectivity index (χ0) is 18.8. The number of pyridine rings is 1. The van der Waals surface area contributed by atoms with Crippen LogP contribution in [-0.2, 0) is 13.6 Å². The maximum Gasteiger partial charge on any atom is 0.212 e. The maximum absolute atomic E-state index is 11.5. The van der Waals surface area contributed by atoms with E-state index < -0.39 is 0 Å². The van der Waals surface area contributed by atoms with Crippen LogP contribution in [0.4, 0.5) is 11.8 Å². The number of ketones is 1. The van der Waals surface area contributed by atoms with Crippen LogP contribution in [0, 0.1) is 0 Å². The zero-order valence-corrected chi connectivity index (χ0v) is 15.3. The van der Waals surface area contributed by atoms with E-state index in [1.54, 1.807) is 13.1 Å². The molecule has 0 spiro atoms. The molecule has 0 saturated heterocycles. The number of carbonyl (C=O) groups excluding carboxylic acids is 1. The number of benzene rings is 2. The number of nitrogens with zero attached hydrogens (tertiary/aromatic N) is 4. The summed E-state index contributed by atoms with van der Waals surface area (Å²) in [5.41, 5.74) is 3.81. The second kappa shape index (κ2) is 7.03. The van der Waals surface area contributed by atoms with Gasteiger partial charge in [0.25, 0.3) is 0 Å². The number of hydrogen-bond acceptors (Lipinski definition) is 4. The van der Waals surface area contributed by atoms with Gasteiger partial charge < -0.3 is 4.57 Å². The molecule has 2 aromatic heterocycles. The number of para-hydroxylation sites is 2. The molecule has 5 nitrogen and oxygen atoms in total. The highest BCUT2D eigenvalue weighted by Crippen LogP contribution is 2.28. The minimum absolute atomic E-state index is 0.0680. The minimum atomic E-state index is 0.0680. The molecule has 0 aliphatic rings. The average molecular weight is 356 g/mol. The van der Waals surface area contributed by atoms with Crippen LogP contribution in [-0.4, -0.2) is 20.3 Å². The third-order valence-corrected chi connectivity index (χ3v) is 4.63. The third-order valence-electron chi connectivity index (χ3n) is 4.63. The maximum atomic E-state index is 11.5. The summed E-state index contributed by atoms with van der Waals surface area (Å²) in [6, 6.07) is 21.6. The lowest BCUT2D eigenvalue weighted by Gasteiger charge is -2.23. The molecule has 5 heteroatoms. The molecule has 2 aromatic carbocycles. The van der Waals surface area contributed by atoms with Crippen LogP contribution in [0.2, 0.25) is 0 Å². The normalized spacial score (nSPS) is 10.9. The van der Waals surface area contributed by atoms with E-state index in [9.17, 15) is 4.79 Å². The molecule has 0 radical (unpaired) electrons.